The van der Waals surface area contributed by atoms with Crippen molar-refractivity contribution in [3.05, 3.63) is 47.2 Å². The van der Waals surface area contributed by atoms with Gasteiger partial charge in [-0.2, -0.15) is 13.2 Å². The molecule has 30 heavy (non-hydrogen) atoms. The molecule has 3 rings (SSSR count). The van der Waals surface area contributed by atoms with Gasteiger partial charge in [-0.1, -0.05) is 42.9 Å². The summed E-state index contributed by atoms with van der Waals surface area (Å²) in [4.78, 5) is 24.7. The SMILES string of the molecule is CCC(C)c1nc(NC(=O)C(F)(F)F)sc1-c1ccnc(Nc2cccc(Cl)c2)n1. The van der Waals surface area contributed by atoms with Crippen LogP contribution in [0.25, 0.3) is 10.6 Å². The lowest BCUT2D eigenvalue weighted by Crippen LogP contribution is -2.29. The van der Waals surface area contributed by atoms with Gasteiger partial charge in [0.2, 0.25) is 5.95 Å². The molecule has 0 saturated carbocycles. The Morgan fingerprint density at radius 3 is 2.70 bits per heavy atom. The van der Waals surface area contributed by atoms with Crippen LogP contribution in [0.3, 0.4) is 0 Å². The summed E-state index contributed by atoms with van der Waals surface area (Å²) in [6, 6.07) is 8.65. The van der Waals surface area contributed by atoms with Gasteiger partial charge in [0.25, 0.3) is 0 Å². The maximum atomic E-state index is 12.6. The number of benzene rings is 1. The van der Waals surface area contributed by atoms with Crippen molar-refractivity contribution in [3.63, 3.8) is 0 Å². The Labute approximate surface area is 179 Å². The lowest BCUT2D eigenvalue weighted by Gasteiger charge is -2.09. The zero-order valence-electron chi connectivity index (χ0n) is 15.9. The van der Waals surface area contributed by atoms with Crippen molar-refractivity contribution in [1.29, 1.82) is 0 Å². The number of nitrogens with one attached hydrogen (secondary N) is 2. The highest BCUT2D eigenvalue weighted by Gasteiger charge is 2.39. The number of hydrogen-bond donors (Lipinski definition) is 2. The zero-order chi connectivity index (χ0) is 21.9. The fourth-order valence-corrected chi connectivity index (χ4v) is 3.75. The Bertz CT molecular complexity index is 1060. The minimum absolute atomic E-state index is 0.0490. The number of alkyl halides is 3. The molecule has 1 amide bonds. The van der Waals surface area contributed by atoms with Gasteiger partial charge in [0.15, 0.2) is 5.13 Å². The molecular weight excluding hydrogens is 439 g/mol. The van der Waals surface area contributed by atoms with Crippen molar-refractivity contribution in [3.8, 4) is 10.6 Å². The van der Waals surface area contributed by atoms with Crippen LogP contribution in [0.2, 0.25) is 5.02 Å². The van der Waals surface area contributed by atoms with Crippen LogP contribution in [0.5, 0.6) is 0 Å². The first kappa shape index (κ1) is 22.0. The Kier molecular flexibility index (Phi) is 6.57. The van der Waals surface area contributed by atoms with Gasteiger partial charge in [0.05, 0.1) is 16.3 Å². The first-order valence-electron chi connectivity index (χ1n) is 8.92. The predicted molar refractivity (Wildman–Crippen MR) is 111 cm³/mol. The molecule has 2 aromatic heterocycles. The third-order valence-corrected chi connectivity index (χ3v) is 5.42. The number of amides is 1. The minimum Gasteiger partial charge on any atom is -0.324 e. The van der Waals surface area contributed by atoms with E-state index < -0.39 is 12.1 Å². The molecule has 158 valence electrons. The molecule has 11 heteroatoms. The standard InChI is InChI=1S/C19H17ClF3N5OS/c1-3-10(2)14-15(30-18(27-14)28-16(29)19(21,22)23)13-7-8-24-17(26-13)25-12-6-4-5-11(20)9-12/h4-10H,3H2,1-2H3,(H,24,25,26)(H,27,28,29). The number of carbonyl (C=O) groups is 1. The monoisotopic (exact) mass is 455 g/mol. The third-order valence-electron chi connectivity index (χ3n) is 4.18. The second kappa shape index (κ2) is 8.97. The molecule has 6 nitrogen and oxygen atoms in total. The summed E-state index contributed by atoms with van der Waals surface area (Å²) < 4.78 is 37.8. The van der Waals surface area contributed by atoms with E-state index in [1.165, 1.54) is 6.20 Å². The van der Waals surface area contributed by atoms with Crippen molar-refractivity contribution >= 4 is 45.6 Å². The number of halogens is 4. The van der Waals surface area contributed by atoms with Gasteiger partial charge in [-0.15, -0.1) is 0 Å². The molecule has 1 unspecified atom stereocenters. The topological polar surface area (TPSA) is 79.8 Å². The molecule has 0 saturated heterocycles. The molecule has 0 bridgehead atoms. The number of hydrogen-bond acceptors (Lipinski definition) is 6. The highest BCUT2D eigenvalue weighted by atomic mass is 35.5. The third kappa shape index (κ3) is 5.25. The molecule has 0 radical (unpaired) electrons. The number of nitrogens with zero attached hydrogens (tertiary/aromatic N) is 3. The number of thiazole rings is 1. The van der Waals surface area contributed by atoms with Gasteiger partial charge in [-0.25, -0.2) is 15.0 Å². The molecule has 1 atom stereocenters. The van der Waals surface area contributed by atoms with E-state index in [4.69, 9.17) is 11.6 Å². The van der Waals surface area contributed by atoms with Gasteiger partial charge >= 0.3 is 12.1 Å². The smallest absolute Gasteiger partial charge is 0.324 e. The average Bonchev–Trinajstić information content (AvgIpc) is 3.11. The highest BCUT2D eigenvalue weighted by molar-refractivity contribution is 7.19. The van der Waals surface area contributed by atoms with Crippen molar-refractivity contribution < 1.29 is 18.0 Å². The van der Waals surface area contributed by atoms with E-state index in [-0.39, 0.29) is 11.0 Å². The summed E-state index contributed by atoms with van der Waals surface area (Å²) in [6.07, 6.45) is -2.75. The summed E-state index contributed by atoms with van der Waals surface area (Å²) in [5.74, 6) is -1.82. The zero-order valence-corrected chi connectivity index (χ0v) is 17.5. The van der Waals surface area contributed by atoms with Gasteiger partial charge in [-0.05, 0) is 36.6 Å². The number of anilines is 3. The molecule has 2 N–H and O–H groups in total. The van der Waals surface area contributed by atoms with E-state index in [1.54, 1.807) is 30.3 Å². The Morgan fingerprint density at radius 1 is 1.27 bits per heavy atom. The van der Waals surface area contributed by atoms with Crippen molar-refractivity contribution in [1.82, 2.24) is 15.0 Å². The van der Waals surface area contributed by atoms with Crippen LogP contribution in [0, 0.1) is 0 Å². The maximum absolute atomic E-state index is 12.6. The van der Waals surface area contributed by atoms with Crippen LogP contribution in [0.4, 0.5) is 29.9 Å². The maximum Gasteiger partial charge on any atom is 0.471 e. The molecule has 0 aliphatic heterocycles. The summed E-state index contributed by atoms with van der Waals surface area (Å²) in [7, 11) is 0. The highest BCUT2D eigenvalue weighted by Crippen LogP contribution is 2.38. The molecule has 0 spiro atoms. The second-order valence-corrected chi connectivity index (χ2v) is 7.83. The Balaban J connectivity index is 1.94. The lowest BCUT2D eigenvalue weighted by molar-refractivity contribution is -0.167. The molecule has 0 aliphatic rings. The van der Waals surface area contributed by atoms with E-state index in [2.05, 4.69) is 20.3 Å². The van der Waals surface area contributed by atoms with Gasteiger partial charge in [0.1, 0.15) is 0 Å². The summed E-state index contributed by atoms with van der Waals surface area (Å²) >= 11 is 6.92. The van der Waals surface area contributed by atoms with Crippen LogP contribution in [-0.4, -0.2) is 27.0 Å². The van der Waals surface area contributed by atoms with E-state index in [0.29, 0.717) is 39.3 Å². The molecule has 3 aromatic rings. The van der Waals surface area contributed by atoms with E-state index >= 15 is 0 Å². The average molecular weight is 456 g/mol. The van der Waals surface area contributed by atoms with E-state index in [1.807, 2.05) is 19.2 Å². The van der Waals surface area contributed by atoms with Gasteiger partial charge < -0.3 is 5.32 Å². The number of aromatic nitrogens is 3. The van der Waals surface area contributed by atoms with Crippen LogP contribution >= 0.6 is 22.9 Å². The Morgan fingerprint density at radius 2 is 2.03 bits per heavy atom. The van der Waals surface area contributed by atoms with Gasteiger partial charge in [-0.3, -0.25) is 10.1 Å². The number of rotatable bonds is 6. The summed E-state index contributed by atoms with van der Waals surface area (Å²) in [5.41, 5.74) is 1.73. The first-order valence-corrected chi connectivity index (χ1v) is 10.1. The molecule has 2 heterocycles. The lowest BCUT2D eigenvalue weighted by atomic mass is 10.0. The number of carbonyl (C=O) groups excluding carboxylic acids is 1. The van der Waals surface area contributed by atoms with Crippen LogP contribution < -0.4 is 10.6 Å². The fraction of sp³-hybridized carbons (Fsp3) is 0.263. The molecule has 0 aliphatic carbocycles. The van der Waals surface area contributed by atoms with E-state index in [9.17, 15) is 18.0 Å². The predicted octanol–water partition coefficient (Wildman–Crippen LogP) is 6.01. The van der Waals surface area contributed by atoms with Crippen LogP contribution in [-0.2, 0) is 4.79 Å². The second-order valence-electron chi connectivity index (χ2n) is 6.40. The van der Waals surface area contributed by atoms with Crippen LogP contribution in [0.15, 0.2) is 36.5 Å². The first-order chi connectivity index (χ1) is 14.2. The largest absolute Gasteiger partial charge is 0.471 e. The molecule has 0 fully saturated rings. The van der Waals surface area contributed by atoms with Crippen molar-refractivity contribution in [2.75, 3.05) is 10.6 Å². The summed E-state index contributed by atoms with van der Waals surface area (Å²) in [6.45, 7) is 3.84. The van der Waals surface area contributed by atoms with Crippen LogP contribution in [0.1, 0.15) is 31.9 Å². The molecular formula is C19H17ClF3N5OS. The van der Waals surface area contributed by atoms with Gasteiger partial charge in [0, 0.05) is 16.9 Å². The van der Waals surface area contributed by atoms with E-state index in [0.717, 1.165) is 11.3 Å². The minimum atomic E-state index is -4.99. The van der Waals surface area contributed by atoms with Crippen molar-refractivity contribution in [2.24, 2.45) is 0 Å². The summed E-state index contributed by atoms with van der Waals surface area (Å²) in [5, 5.41) is 5.27. The fourth-order valence-electron chi connectivity index (χ4n) is 2.50. The Hall–Kier alpha value is -2.72. The molecule has 1 aromatic carbocycles. The van der Waals surface area contributed by atoms with Crippen molar-refractivity contribution in [2.45, 2.75) is 32.4 Å². The quantitative estimate of drug-likeness (QED) is 0.475. The normalized spacial score (nSPS) is 12.5.